The van der Waals surface area contributed by atoms with E-state index in [4.69, 9.17) is 0 Å². The number of hydrogen-bond acceptors (Lipinski definition) is 2. The second-order valence-electron chi connectivity index (χ2n) is 5.68. The molecule has 1 saturated heterocycles. The summed E-state index contributed by atoms with van der Waals surface area (Å²) in [6.07, 6.45) is 7.73. The molecule has 0 atom stereocenters. The average molecular weight is 243 g/mol. The molecule has 2 nitrogen and oxygen atoms in total. The molecule has 1 aromatic rings. The summed E-state index contributed by atoms with van der Waals surface area (Å²) in [5.74, 6) is 0.696. The highest BCUT2D eigenvalue weighted by Crippen LogP contribution is 2.33. The van der Waals surface area contributed by atoms with E-state index in [0.29, 0.717) is 5.92 Å². The smallest absolute Gasteiger partial charge is 0.150 e. The van der Waals surface area contributed by atoms with Crippen LogP contribution in [0.1, 0.15) is 53.9 Å². The molecular formula is C16H21NO. The number of likely N-dealkylation sites (tertiary alicyclic amines) is 1. The lowest BCUT2D eigenvalue weighted by Crippen LogP contribution is -2.44. The molecule has 2 heteroatoms. The lowest BCUT2D eigenvalue weighted by Gasteiger charge is -2.41. The Morgan fingerprint density at radius 1 is 1.00 bits per heavy atom. The maximum absolute atomic E-state index is 10.6. The highest BCUT2D eigenvalue weighted by atomic mass is 16.1. The molecule has 0 aromatic heterocycles. The minimum absolute atomic E-state index is 0.696. The quantitative estimate of drug-likeness (QED) is 0.760. The topological polar surface area (TPSA) is 20.3 Å². The lowest BCUT2D eigenvalue weighted by atomic mass is 9.85. The van der Waals surface area contributed by atoms with Crippen molar-refractivity contribution in [1.29, 1.82) is 0 Å². The van der Waals surface area contributed by atoms with Crippen LogP contribution < -0.4 is 0 Å². The summed E-state index contributed by atoms with van der Waals surface area (Å²) in [5, 5.41) is 0. The second kappa shape index (κ2) is 5.23. The molecular weight excluding hydrogens is 222 g/mol. The Kier molecular flexibility index (Phi) is 3.46. The van der Waals surface area contributed by atoms with E-state index >= 15 is 0 Å². The average Bonchev–Trinajstić information content (AvgIpc) is 2.38. The van der Waals surface area contributed by atoms with Gasteiger partial charge in [-0.1, -0.05) is 30.7 Å². The molecule has 3 rings (SSSR count). The Labute approximate surface area is 109 Å². The molecule has 0 N–H and O–H groups in total. The predicted molar refractivity (Wildman–Crippen MR) is 73.0 cm³/mol. The number of rotatable bonds is 3. The molecule has 1 aromatic carbocycles. The summed E-state index contributed by atoms with van der Waals surface area (Å²) in [6.45, 7) is 2.51. The molecule has 96 valence electrons. The van der Waals surface area contributed by atoms with Gasteiger partial charge in [-0.25, -0.2) is 0 Å². The van der Waals surface area contributed by atoms with E-state index in [2.05, 4.69) is 17.0 Å². The lowest BCUT2D eigenvalue weighted by molar-refractivity contribution is 0.0975. The zero-order valence-corrected chi connectivity index (χ0v) is 10.8. The summed E-state index contributed by atoms with van der Waals surface area (Å²) in [7, 11) is 0. The molecule has 2 fully saturated rings. The van der Waals surface area contributed by atoms with Crippen LogP contribution in [0.3, 0.4) is 0 Å². The summed E-state index contributed by atoms with van der Waals surface area (Å²) in [5.41, 5.74) is 2.19. The SMILES string of the molecule is O=Cc1ccc(C2CCN(C3CCC3)CC2)cc1. The first-order valence-corrected chi connectivity index (χ1v) is 7.16. The van der Waals surface area contributed by atoms with Crippen LogP contribution in [0.15, 0.2) is 24.3 Å². The van der Waals surface area contributed by atoms with Gasteiger partial charge in [0.15, 0.2) is 0 Å². The van der Waals surface area contributed by atoms with Gasteiger partial charge in [-0.15, -0.1) is 0 Å². The molecule has 2 aliphatic rings. The maximum Gasteiger partial charge on any atom is 0.150 e. The van der Waals surface area contributed by atoms with Gasteiger partial charge in [0.25, 0.3) is 0 Å². The molecule has 0 spiro atoms. The Hall–Kier alpha value is -1.15. The van der Waals surface area contributed by atoms with Gasteiger partial charge in [-0.3, -0.25) is 4.79 Å². The van der Waals surface area contributed by atoms with Gasteiger partial charge in [0, 0.05) is 11.6 Å². The van der Waals surface area contributed by atoms with Crippen LogP contribution in [0.4, 0.5) is 0 Å². The number of aldehydes is 1. The minimum Gasteiger partial charge on any atom is -0.300 e. The van der Waals surface area contributed by atoms with Gasteiger partial charge in [0.1, 0.15) is 6.29 Å². The van der Waals surface area contributed by atoms with E-state index in [-0.39, 0.29) is 0 Å². The zero-order valence-electron chi connectivity index (χ0n) is 10.8. The highest BCUT2D eigenvalue weighted by molar-refractivity contribution is 5.74. The Morgan fingerprint density at radius 3 is 2.17 bits per heavy atom. The number of hydrogen-bond donors (Lipinski definition) is 0. The molecule has 1 aliphatic carbocycles. The third-order valence-electron chi connectivity index (χ3n) is 4.66. The van der Waals surface area contributed by atoms with E-state index in [1.807, 2.05) is 12.1 Å². The monoisotopic (exact) mass is 243 g/mol. The van der Waals surface area contributed by atoms with Crippen LogP contribution in [0.2, 0.25) is 0 Å². The van der Waals surface area contributed by atoms with Crippen molar-refractivity contribution in [3.8, 4) is 0 Å². The van der Waals surface area contributed by atoms with E-state index in [0.717, 1.165) is 17.9 Å². The zero-order chi connectivity index (χ0) is 12.4. The standard InChI is InChI=1S/C16H21NO/c18-12-13-4-6-14(7-5-13)15-8-10-17(11-9-15)16-2-1-3-16/h4-7,12,15-16H,1-3,8-11H2. The van der Waals surface area contributed by atoms with Gasteiger partial charge in [-0.2, -0.15) is 0 Å². The van der Waals surface area contributed by atoms with Crippen LogP contribution in [-0.2, 0) is 0 Å². The normalized spacial score (nSPS) is 22.7. The number of piperidine rings is 1. The van der Waals surface area contributed by atoms with Crippen molar-refractivity contribution >= 4 is 6.29 Å². The van der Waals surface area contributed by atoms with Gasteiger partial charge >= 0.3 is 0 Å². The van der Waals surface area contributed by atoms with Crippen LogP contribution in [0.5, 0.6) is 0 Å². The Balaban J connectivity index is 1.59. The highest BCUT2D eigenvalue weighted by Gasteiger charge is 2.28. The van der Waals surface area contributed by atoms with Gasteiger partial charge < -0.3 is 4.90 Å². The molecule has 0 bridgehead atoms. The van der Waals surface area contributed by atoms with E-state index in [1.54, 1.807) is 0 Å². The van der Waals surface area contributed by atoms with Crippen molar-refractivity contribution in [2.45, 2.75) is 44.1 Å². The first-order valence-electron chi connectivity index (χ1n) is 7.16. The van der Waals surface area contributed by atoms with Gasteiger partial charge in [0.05, 0.1) is 0 Å². The van der Waals surface area contributed by atoms with E-state index < -0.39 is 0 Å². The van der Waals surface area contributed by atoms with Crippen LogP contribution in [-0.4, -0.2) is 30.3 Å². The fourth-order valence-corrected chi connectivity index (χ4v) is 3.20. The summed E-state index contributed by atoms with van der Waals surface area (Å²) in [4.78, 5) is 13.3. The van der Waals surface area contributed by atoms with Crippen molar-refractivity contribution in [3.05, 3.63) is 35.4 Å². The minimum atomic E-state index is 0.696. The van der Waals surface area contributed by atoms with Gasteiger partial charge in [0.2, 0.25) is 0 Å². The third-order valence-corrected chi connectivity index (χ3v) is 4.66. The van der Waals surface area contributed by atoms with Crippen molar-refractivity contribution in [1.82, 2.24) is 4.90 Å². The largest absolute Gasteiger partial charge is 0.300 e. The number of nitrogens with zero attached hydrogens (tertiary/aromatic N) is 1. The van der Waals surface area contributed by atoms with Crippen molar-refractivity contribution in [2.75, 3.05) is 13.1 Å². The van der Waals surface area contributed by atoms with Gasteiger partial charge in [-0.05, 0) is 50.3 Å². The molecule has 0 amide bonds. The summed E-state index contributed by atoms with van der Waals surface area (Å²) >= 11 is 0. The second-order valence-corrected chi connectivity index (χ2v) is 5.68. The Bertz CT molecular complexity index is 400. The maximum atomic E-state index is 10.6. The molecule has 0 unspecified atom stereocenters. The predicted octanol–water partition coefficient (Wildman–Crippen LogP) is 3.23. The van der Waals surface area contributed by atoms with Crippen LogP contribution >= 0.6 is 0 Å². The number of carbonyl (C=O) groups is 1. The molecule has 1 saturated carbocycles. The fraction of sp³-hybridized carbons (Fsp3) is 0.562. The number of carbonyl (C=O) groups excluding carboxylic acids is 1. The van der Waals surface area contributed by atoms with Crippen LogP contribution in [0.25, 0.3) is 0 Å². The van der Waals surface area contributed by atoms with Crippen LogP contribution in [0, 0.1) is 0 Å². The van der Waals surface area contributed by atoms with Crippen molar-refractivity contribution in [2.24, 2.45) is 0 Å². The Morgan fingerprint density at radius 2 is 1.67 bits per heavy atom. The number of benzene rings is 1. The first kappa shape index (κ1) is 11.9. The summed E-state index contributed by atoms with van der Waals surface area (Å²) in [6, 6.07) is 9.05. The fourth-order valence-electron chi connectivity index (χ4n) is 3.20. The van der Waals surface area contributed by atoms with E-state index in [9.17, 15) is 4.79 Å². The van der Waals surface area contributed by atoms with Crippen molar-refractivity contribution < 1.29 is 4.79 Å². The molecule has 0 radical (unpaired) electrons. The summed E-state index contributed by atoms with van der Waals surface area (Å²) < 4.78 is 0. The van der Waals surface area contributed by atoms with E-state index in [1.165, 1.54) is 50.8 Å². The first-order chi connectivity index (χ1) is 8.86. The van der Waals surface area contributed by atoms with Crippen molar-refractivity contribution in [3.63, 3.8) is 0 Å². The molecule has 1 heterocycles. The third kappa shape index (κ3) is 2.35. The molecule has 1 aliphatic heterocycles. The molecule has 18 heavy (non-hydrogen) atoms.